The molecule has 2 aromatic carbocycles. The Hall–Kier alpha value is -3.21. The summed E-state index contributed by atoms with van der Waals surface area (Å²) in [5.41, 5.74) is 3.50. The smallest absolute Gasteiger partial charge is 0.192 e. The lowest BCUT2D eigenvalue weighted by Crippen LogP contribution is -2.39. The van der Waals surface area contributed by atoms with Gasteiger partial charge < -0.3 is 15.2 Å². The van der Waals surface area contributed by atoms with Gasteiger partial charge in [-0.15, -0.1) is 34.2 Å². The molecule has 0 bridgehead atoms. The summed E-state index contributed by atoms with van der Waals surface area (Å²) in [5.74, 6) is 2.45. The minimum absolute atomic E-state index is 0. The molecule has 0 saturated carbocycles. The van der Waals surface area contributed by atoms with E-state index in [1.807, 2.05) is 53.7 Å². The van der Waals surface area contributed by atoms with Crippen molar-refractivity contribution in [2.45, 2.75) is 32.9 Å². The number of benzene rings is 2. The number of rotatable bonds is 8. The Morgan fingerprint density at radius 1 is 1.03 bits per heavy atom. The number of nitrogens with one attached hydrogen (secondary N) is 2. The predicted molar refractivity (Wildman–Crippen MR) is 146 cm³/mol. The van der Waals surface area contributed by atoms with Crippen LogP contribution in [-0.4, -0.2) is 37.0 Å². The van der Waals surface area contributed by atoms with Crippen molar-refractivity contribution in [2.24, 2.45) is 12.0 Å². The van der Waals surface area contributed by atoms with E-state index in [2.05, 4.69) is 69.3 Å². The highest BCUT2D eigenvalue weighted by Gasteiger charge is 2.09. The van der Waals surface area contributed by atoms with Gasteiger partial charge in [-0.2, -0.15) is 5.10 Å². The van der Waals surface area contributed by atoms with Crippen molar-refractivity contribution in [1.29, 1.82) is 0 Å². The van der Waals surface area contributed by atoms with Gasteiger partial charge in [0.05, 0.1) is 11.7 Å². The molecule has 1 atom stereocenters. The van der Waals surface area contributed by atoms with Crippen LogP contribution in [0.2, 0.25) is 0 Å². The third kappa shape index (κ3) is 6.66. The number of hydrogen-bond acceptors (Lipinski definition) is 4. The topological polar surface area (TPSA) is 85.0 Å². The third-order valence-corrected chi connectivity index (χ3v) is 5.63. The van der Waals surface area contributed by atoms with Crippen molar-refractivity contribution >= 4 is 29.9 Å². The monoisotopic (exact) mass is 570 g/mol. The molecule has 34 heavy (non-hydrogen) atoms. The molecule has 9 heteroatoms. The number of nitrogens with zero attached hydrogens (tertiary/aromatic N) is 6. The van der Waals surface area contributed by atoms with Gasteiger partial charge in [-0.05, 0) is 49.6 Å². The molecule has 2 aromatic heterocycles. The Morgan fingerprint density at radius 2 is 1.79 bits per heavy atom. The molecule has 0 aliphatic heterocycles. The summed E-state index contributed by atoms with van der Waals surface area (Å²) < 4.78 is 3.82. The highest BCUT2D eigenvalue weighted by atomic mass is 127. The van der Waals surface area contributed by atoms with E-state index >= 15 is 0 Å². The Bertz CT molecular complexity index is 1170. The van der Waals surface area contributed by atoms with E-state index in [0.29, 0.717) is 6.54 Å². The first kappa shape index (κ1) is 25.4. The molecule has 0 spiro atoms. The van der Waals surface area contributed by atoms with Crippen molar-refractivity contribution in [1.82, 2.24) is 35.2 Å². The first-order valence-corrected chi connectivity index (χ1v) is 11.1. The second-order valence-electron chi connectivity index (χ2n) is 7.96. The standard InChI is InChI=1S/C25H30N8.HI/c1-19(22-8-5-4-6-9-22)29-25(27-18-24-31-30-20(2)32(24)3)26-16-14-21-10-12-23(13-11-21)33-17-7-15-28-33;/h4-13,15,17,19H,14,16,18H2,1-3H3,(H2,26,27,29);1H. The number of aromatic nitrogens is 5. The zero-order chi connectivity index (χ0) is 23.0. The third-order valence-electron chi connectivity index (χ3n) is 5.63. The molecule has 0 fully saturated rings. The van der Waals surface area contributed by atoms with Gasteiger partial charge in [-0.25, -0.2) is 9.67 Å². The van der Waals surface area contributed by atoms with Crippen LogP contribution in [0.1, 0.15) is 35.7 Å². The molecule has 0 radical (unpaired) electrons. The summed E-state index contributed by atoms with van der Waals surface area (Å²) >= 11 is 0. The van der Waals surface area contributed by atoms with Crippen LogP contribution < -0.4 is 10.6 Å². The average Bonchev–Trinajstić information content (AvgIpc) is 3.49. The van der Waals surface area contributed by atoms with Crippen LogP contribution in [0.25, 0.3) is 5.69 Å². The van der Waals surface area contributed by atoms with E-state index in [0.717, 1.165) is 36.3 Å². The van der Waals surface area contributed by atoms with Gasteiger partial charge in [0.25, 0.3) is 0 Å². The SMILES string of the molecule is Cc1nnc(CN=C(NCCc2ccc(-n3cccn3)cc2)NC(C)c2ccccc2)n1C.I. The molecule has 8 nitrogen and oxygen atoms in total. The van der Waals surface area contributed by atoms with Crippen molar-refractivity contribution < 1.29 is 0 Å². The van der Waals surface area contributed by atoms with Crippen LogP contribution in [0, 0.1) is 6.92 Å². The maximum absolute atomic E-state index is 4.77. The normalized spacial score (nSPS) is 12.1. The second-order valence-corrected chi connectivity index (χ2v) is 7.96. The van der Waals surface area contributed by atoms with Gasteiger partial charge >= 0.3 is 0 Å². The summed E-state index contributed by atoms with van der Waals surface area (Å²) in [4.78, 5) is 4.77. The number of aliphatic imine (C=N–C) groups is 1. The molecule has 178 valence electrons. The van der Waals surface area contributed by atoms with E-state index in [-0.39, 0.29) is 30.0 Å². The highest BCUT2D eigenvalue weighted by Crippen LogP contribution is 2.12. The zero-order valence-corrected chi connectivity index (χ0v) is 22.0. The van der Waals surface area contributed by atoms with E-state index in [9.17, 15) is 0 Å². The fourth-order valence-corrected chi connectivity index (χ4v) is 3.48. The van der Waals surface area contributed by atoms with Crippen LogP contribution >= 0.6 is 24.0 Å². The summed E-state index contributed by atoms with van der Waals surface area (Å²) in [6.45, 7) is 5.28. The molecule has 2 heterocycles. The summed E-state index contributed by atoms with van der Waals surface area (Å²) in [7, 11) is 1.96. The maximum Gasteiger partial charge on any atom is 0.192 e. The lowest BCUT2D eigenvalue weighted by Gasteiger charge is -2.19. The van der Waals surface area contributed by atoms with E-state index in [1.54, 1.807) is 6.20 Å². The molecule has 0 saturated heterocycles. The number of aryl methyl sites for hydroxylation is 1. The van der Waals surface area contributed by atoms with Gasteiger partial charge in [-0.3, -0.25) is 0 Å². The summed E-state index contributed by atoms with van der Waals surface area (Å²) in [5, 5.41) is 19.6. The van der Waals surface area contributed by atoms with Crippen LogP contribution in [-0.2, 0) is 20.0 Å². The van der Waals surface area contributed by atoms with E-state index < -0.39 is 0 Å². The van der Waals surface area contributed by atoms with Crippen LogP contribution in [0.5, 0.6) is 0 Å². The van der Waals surface area contributed by atoms with Gasteiger partial charge in [0.15, 0.2) is 11.8 Å². The lowest BCUT2D eigenvalue weighted by molar-refractivity contribution is 0.675. The molecule has 0 aliphatic rings. The Labute approximate surface area is 217 Å². The quantitative estimate of drug-likeness (QED) is 0.190. The first-order valence-electron chi connectivity index (χ1n) is 11.1. The lowest BCUT2D eigenvalue weighted by atomic mass is 10.1. The molecule has 1 unspecified atom stereocenters. The van der Waals surface area contributed by atoms with Crippen molar-refractivity contribution in [3.63, 3.8) is 0 Å². The predicted octanol–water partition coefficient (Wildman–Crippen LogP) is 3.97. The van der Waals surface area contributed by atoms with Gasteiger partial charge in [0.2, 0.25) is 0 Å². The maximum atomic E-state index is 4.77. The van der Waals surface area contributed by atoms with E-state index in [4.69, 9.17) is 4.99 Å². The van der Waals surface area contributed by atoms with Crippen molar-refractivity contribution in [3.05, 3.63) is 95.8 Å². The summed E-state index contributed by atoms with van der Waals surface area (Å²) in [6, 6.07) is 20.8. The molecule has 4 aromatic rings. The zero-order valence-electron chi connectivity index (χ0n) is 19.7. The molecular weight excluding hydrogens is 539 g/mol. The molecule has 0 aliphatic carbocycles. The average molecular weight is 570 g/mol. The Morgan fingerprint density at radius 3 is 2.44 bits per heavy atom. The molecule has 4 rings (SSSR count). The minimum Gasteiger partial charge on any atom is -0.356 e. The number of guanidine groups is 1. The molecule has 2 N–H and O–H groups in total. The van der Waals surface area contributed by atoms with Gasteiger partial charge in [0, 0.05) is 26.0 Å². The van der Waals surface area contributed by atoms with Crippen LogP contribution in [0.15, 0.2) is 78.0 Å². The number of halogens is 1. The van der Waals surface area contributed by atoms with Gasteiger partial charge in [0.1, 0.15) is 12.4 Å². The van der Waals surface area contributed by atoms with Crippen LogP contribution in [0.3, 0.4) is 0 Å². The Balaban J connectivity index is 0.00000324. The van der Waals surface area contributed by atoms with Crippen molar-refractivity contribution in [2.75, 3.05) is 6.54 Å². The summed E-state index contributed by atoms with van der Waals surface area (Å²) in [6.07, 6.45) is 4.60. The molecular formula is C25H31IN8. The fraction of sp³-hybridized carbons (Fsp3) is 0.280. The minimum atomic E-state index is 0. The number of hydrogen-bond donors (Lipinski definition) is 2. The molecule has 0 amide bonds. The van der Waals surface area contributed by atoms with E-state index in [1.165, 1.54) is 11.1 Å². The van der Waals surface area contributed by atoms with Crippen molar-refractivity contribution in [3.8, 4) is 5.69 Å². The highest BCUT2D eigenvalue weighted by molar-refractivity contribution is 14.0. The van der Waals surface area contributed by atoms with Gasteiger partial charge in [-0.1, -0.05) is 42.5 Å². The Kier molecular flexibility index (Phi) is 9.20. The first-order chi connectivity index (χ1) is 16.1. The second kappa shape index (κ2) is 12.3. The fourth-order valence-electron chi connectivity index (χ4n) is 3.48. The largest absolute Gasteiger partial charge is 0.356 e. The van der Waals surface area contributed by atoms with Crippen LogP contribution in [0.4, 0.5) is 0 Å².